The van der Waals surface area contributed by atoms with Crippen LogP contribution in [0.3, 0.4) is 0 Å². The molecule has 1 aromatic heterocycles. The first-order valence-electron chi connectivity index (χ1n) is 3.14. The van der Waals surface area contributed by atoms with E-state index in [-0.39, 0.29) is 0 Å². The molecule has 0 amide bonds. The zero-order valence-corrected chi connectivity index (χ0v) is 8.54. The Bertz CT molecular complexity index is 224. The number of nitrogens with zero attached hydrogens (tertiary/aromatic N) is 1. The maximum atomic E-state index is 12.6. The summed E-state index contributed by atoms with van der Waals surface area (Å²) in [5.41, 5.74) is 1.51. The van der Waals surface area contributed by atoms with Crippen molar-refractivity contribution in [2.45, 2.75) is 11.2 Å². The number of rotatable bonds is 2. The zero-order chi connectivity index (χ0) is 8.27. The van der Waals surface area contributed by atoms with E-state index in [1.165, 1.54) is 0 Å². The third-order valence-electron chi connectivity index (χ3n) is 1.28. The van der Waals surface area contributed by atoms with Crippen LogP contribution >= 0.6 is 25.2 Å². The van der Waals surface area contributed by atoms with Gasteiger partial charge in [0.2, 0.25) is 0 Å². The monoisotopic (exact) mass is 235 g/mol. The van der Waals surface area contributed by atoms with Crippen molar-refractivity contribution in [1.82, 2.24) is 4.98 Å². The summed E-state index contributed by atoms with van der Waals surface area (Å²) in [7, 11) is 2.06. The lowest BCUT2D eigenvalue weighted by Gasteiger charge is -2.00. The minimum absolute atomic E-state index is 0.458. The van der Waals surface area contributed by atoms with Crippen LogP contribution in [-0.4, -0.2) is 4.98 Å². The van der Waals surface area contributed by atoms with Gasteiger partial charge in [-0.15, -0.1) is 0 Å². The number of alkyl halides is 2. The predicted molar refractivity (Wildman–Crippen MR) is 50.4 cm³/mol. The normalized spacial score (nSPS) is 13.0. The van der Waals surface area contributed by atoms with Crippen molar-refractivity contribution in [2.75, 3.05) is 0 Å². The SMILES string of the molecule is FC(P)c1ccc(CBr)cn1. The fourth-order valence-corrected chi connectivity index (χ4v) is 1.21. The van der Waals surface area contributed by atoms with Gasteiger partial charge in [-0.2, -0.15) is 0 Å². The molecule has 1 heterocycles. The topological polar surface area (TPSA) is 12.9 Å². The Labute approximate surface area is 75.7 Å². The Morgan fingerprint density at radius 1 is 1.64 bits per heavy atom. The Hall–Kier alpha value is -0.0100. The quantitative estimate of drug-likeness (QED) is 0.568. The summed E-state index contributed by atoms with van der Waals surface area (Å²) >= 11 is 3.28. The molecular formula is C7H8BrFNP. The molecule has 0 bridgehead atoms. The average Bonchev–Trinajstić information content (AvgIpc) is 2.05. The van der Waals surface area contributed by atoms with Crippen molar-refractivity contribution >= 4 is 25.2 Å². The van der Waals surface area contributed by atoms with E-state index < -0.39 is 5.91 Å². The Balaban J connectivity index is 2.83. The van der Waals surface area contributed by atoms with Crippen molar-refractivity contribution < 1.29 is 4.39 Å². The predicted octanol–water partition coefficient (Wildman–Crippen LogP) is 2.82. The highest BCUT2D eigenvalue weighted by Gasteiger charge is 2.02. The minimum Gasteiger partial charge on any atom is -0.258 e. The first-order chi connectivity index (χ1) is 5.24. The van der Waals surface area contributed by atoms with Gasteiger partial charge in [-0.1, -0.05) is 31.2 Å². The fraction of sp³-hybridized carbons (Fsp3) is 0.286. The van der Waals surface area contributed by atoms with Gasteiger partial charge < -0.3 is 0 Å². The third-order valence-corrected chi connectivity index (χ3v) is 2.27. The molecule has 0 aliphatic carbocycles. The summed E-state index contributed by atoms with van der Waals surface area (Å²) in [5, 5.41) is 0.758. The number of hydrogen-bond donors (Lipinski definition) is 0. The molecule has 0 N–H and O–H groups in total. The molecular weight excluding hydrogens is 228 g/mol. The highest BCUT2D eigenvalue weighted by molar-refractivity contribution is 9.08. The maximum absolute atomic E-state index is 12.6. The molecule has 1 aromatic rings. The number of halogens is 2. The molecule has 0 fully saturated rings. The summed E-state index contributed by atoms with van der Waals surface area (Å²) in [6.07, 6.45) is 1.67. The van der Waals surface area contributed by atoms with Crippen LogP contribution in [0.15, 0.2) is 18.3 Å². The number of aromatic nitrogens is 1. The second kappa shape index (κ2) is 4.13. The Morgan fingerprint density at radius 2 is 2.36 bits per heavy atom. The van der Waals surface area contributed by atoms with Gasteiger partial charge in [0.1, 0.15) is 0 Å². The molecule has 60 valence electrons. The van der Waals surface area contributed by atoms with Gasteiger partial charge in [0.15, 0.2) is 5.91 Å². The van der Waals surface area contributed by atoms with E-state index in [9.17, 15) is 4.39 Å². The van der Waals surface area contributed by atoms with Gasteiger partial charge in [-0.3, -0.25) is 4.98 Å². The van der Waals surface area contributed by atoms with Gasteiger partial charge in [0, 0.05) is 11.5 Å². The number of hydrogen-bond acceptors (Lipinski definition) is 1. The van der Waals surface area contributed by atoms with Crippen LogP contribution in [-0.2, 0) is 5.33 Å². The molecule has 0 saturated heterocycles. The molecule has 0 radical (unpaired) electrons. The van der Waals surface area contributed by atoms with E-state index in [4.69, 9.17) is 0 Å². The van der Waals surface area contributed by atoms with E-state index in [0.29, 0.717) is 5.69 Å². The van der Waals surface area contributed by atoms with Gasteiger partial charge >= 0.3 is 0 Å². The van der Waals surface area contributed by atoms with Gasteiger partial charge in [0.05, 0.1) is 5.69 Å². The third kappa shape index (κ3) is 2.49. The molecule has 0 aliphatic rings. The van der Waals surface area contributed by atoms with Crippen LogP contribution in [0.1, 0.15) is 17.2 Å². The molecule has 1 rings (SSSR count). The van der Waals surface area contributed by atoms with Crippen molar-refractivity contribution in [3.63, 3.8) is 0 Å². The van der Waals surface area contributed by atoms with Gasteiger partial charge in [-0.25, -0.2) is 4.39 Å². The highest BCUT2D eigenvalue weighted by Crippen LogP contribution is 2.21. The second-order valence-electron chi connectivity index (χ2n) is 2.13. The Kier molecular flexibility index (Phi) is 3.41. The van der Waals surface area contributed by atoms with Crippen LogP contribution in [0.25, 0.3) is 0 Å². The van der Waals surface area contributed by atoms with E-state index in [2.05, 4.69) is 30.2 Å². The summed E-state index contributed by atoms with van der Waals surface area (Å²) in [6, 6.07) is 3.54. The summed E-state index contributed by atoms with van der Waals surface area (Å²) < 4.78 is 12.6. The van der Waals surface area contributed by atoms with E-state index in [1.807, 2.05) is 6.07 Å². The summed E-state index contributed by atoms with van der Waals surface area (Å²) in [6.45, 7) is 0. The molecule has 2 atom stereocenters. The lowest BCUT2D eigenvalue weighted by Crippen LogP contribution is -1.88. The molecule has 4 heteroatoms. The van der Waals surface area contributed by atoms with Gasteiger partial charge in [-0.05, 0) is 11.6 Å². The van der Waals surface area contributed by atoms with Crippen molar-refractivity contribution in [3.05, 3.63) is 29.6 Å². The van der Waals surface area contributed by atoms with Crippen molar-refractivity contribution in [3.8, 4) is 0 Å². The largest absolute Gasteiger partial charge is 0.258 e. The first kappa shape index (κ1) is 9.08. The standard InChI is InChI=1S/C7H8BrFNP/c8-3-5-1-2-6(7(9)11)10-4-5/h1-2,4,7H,3,11H2. The number of pyridine rings is 1. The lowest BCUT2D eigenvalue weighted by atomic mass is 10.3. The smallest absolute Gasteiger partial charge is 0.155 e. The molecule has 11 heavy (non-hydrogen) atoms. The van der Waals surface area contributed by atoms with E-state index in [1.54, 1.807) is 12.3 Å². The summed E-state index contributed by atoms with van der Waals surface area (Å²) in [5.74, 6) is -1.06. The second-order valence-corrected chi connectivity index (χ2v) is 3.27. The molecule has 0 aliphatic heterocycles. The first-order valence-corrected chi connectivity index (χ1v) is 4.93. The molecule has 2 unspecified atom stereocenters. The molecule has 1 nitrogen and oxygen atoms in total. The minimum atomic E-state index is -1.06. The van der Waals surface area contributed by atoms with Crippen LogP contribution in [0.2, 0.25) is 0 Å². The zero-order valence-electron chi connectivity index (χ0n) is 5.80. The maximum Gasteiger partial charge on any atom is 0.155 e. The fourth-order valence-electron chi connectivity index (χ4n) is 0.678. The molecule has 0 spiro atoms. The van der Waals surface area contributed by atoms with Crippen LogP contribution in [0.5, 0.6) is 0 Å². The van der Waals surface area contributed by atoms with Crippen LogP contribution in [0.4, 0.5) is 4.39 Å². The lowest BCUT2D eigenvalue weighted by molar-refractivity contribution is 0.459. The van der Waals surface area contributed by atoms with Crippen molar-refractivity contribution in [1.29, 1.82) is 0 Å². The van der Waals surface area contributed by atoms with E-state index in [0.717, 1.165) is 10.9 Å². The van der Waals surface area contributed by atoms with Gasteiger partial charge in [0.25, 0.3) is 0 Å². The highest BCUT2D eigenvalue weighted by atomic mass is 79.9. The van der Waals surface area contributed by atoms with Crippen molar-refractivity contribution in [2.24, 2.45) is 0 Å². The molecule has 0 saturated carbocycles. The van der Waals surface area contributed by atoms with E-state index >= 15 is 0 Å². The van der Waals surface area contributed by atoms with Crippen LogP contribution in [0, 0.1) is 0 Å². The molecule has 0 aromatic carbocycles. The summed E-state index contributed by atoms with van der Waals surface area (Å²) in [4.78, 5) is 3.92. The average molecular weight is 236 g/mol. The Morgan fingerprint density at radius 3 is 2.73 bits per heavy atom. The van der Waals surface area contributed by atoms with Crippen LogP contribution < -0.4 is 0 Å².